The molecule has 0 saturated carbocycles. The van der Waals surface area contributed by atoms with Crippen molar-refractivity contribution in [3.63, 3.8) is 0 Å². The predicted octanol–water partition coefficient (Wildman–Crippen LogP) is 3.98. The summed E-state index contributed by atoms with van der Waals surface area (Å²) in [7, 11) is 3.76. The first-order valence-electron chi connectivity index (χ1n) is 10.7. The van der Waals surface area contributed by atoms with E-state index in [2.05, 4.69) is 56.8 Å². The Hall–Kier alpha value is -3.71. The predicted molar refractivity (Wildman–Crippen MR) is 128 cm³/mol. The van der Waals surface area contributed by atoms with Crippen LogP contribution in [0.3, 0.4) is 0 Å². The van der Waals surface area contributed by atoms with Crippen molar-refractivity contribution in [2.75, 3.05) is 26.0 Å². The fourth-order valence-corrected chi connectivity index (χ4v) is 3.63. The molecule has 3 N–H and O–H groups in total. The largest absolute Gasteiger partial charge is 0.363 e. The second-order valence-electron chi connectivity index (χ2n) is 8.16. The number of fused-ring (bicyclic) bond motifs is 1. The molecule has 7 nitrogen and oxygen atoms in total. The Balaban J connectivity index is 1.54. The van der Waals surface area contributed by atoms with Crippen molar-refractivity contribution in [1.29, 1.82) is 0 Å². The Morgan fingerprint density at radius 3 is 2.66 bits per heavy atom. The lowest BCUT2D eigenvalue weighted by molar-refractivity contribution is -0.121. The van der Waals surface area contributed by atoms with Crippen LogP contribution >= 0.6 is 0 Å². The first kappa shape index (κ1) is 21.5. The number of H-pyrrole nitrogens is 1. The molecular formula is C25H28N6O. The monoisotopic (exact) mass is 428 g/mol. The summed E-state index contributed by atoms with van der Waals surface area (Å²) in [4.78, 5) is 26.1. The second kappa shape index (κ2) is 9.62. The summed E-state index contributed by atoms with van der Waals surface area (Å²) in [6.07, 6.45) is 1.57. The molecule has 0 aliphatic carbocycles. The molecule has 0 aliphatic heterocycles. The maximum atomic E-state index is 11.9. The van der Waals surface area contributed by atoms with E-state index < -0.39 is 0 Å². The van der Waals surface area contributed by atoms with Crippen LogP contribution in [0.2, 0.25) is 0 Å². The number of nitrogens with zero attached hydrogens (tertiary/aromatic N) is 3. The number of nitrogens with one attached hydrogen (secondary N) is 3. The van der Waals surface area contributed by atoms with Crippen molar-refractivity contribution in [3.8, 4) is 11.3 Å². The van der Waals surface area contributed by atoms with Gasteiger partial charge in [0, 0.05) is 18.3 Å². The molecule has 2 heterocycles. The summed E-state index contributed by atoms with van der Waals surface area (Å²) in [5.74, 6) is 0.797. The van der Waals surface area contributed by atoms with Gasteiger partial charge >= 0.3 is 0 Å². The average Bonchev–Trinajstić information content (AvgIpc) is 3.24. The van der Waals surface area contributed by atoms with E-state index in [1.807, 2.05) is 55.4 Å². The topological polar surface area (TPSA) is 85.9 Å². The lowest BCUT2D eigenvalue weighted by Crippen LogP contribution is -2.32. The number of likely N-dealkylation sites (N-methyl/N-ethyl adjacent to an activating group) is 1. The van der Waals surface area contributed by atoms with E-state index in [9.17, 15) is 4.79 Å². The van der Waals surface area contributed by atoms with Gasteiger partial charge in [-0.3, -0.25) is 4.79 Å². The number of rotatable bonds is 8. The second-order valence-corrected chi connectivity index (χ2v) is 8.16. The summed E-state index contributed by atoms with van der Waals surface area (Å²) in [5.41, 5.74) is 5.00. The molecule has 4 rings (SSSR count). The number of hydrogen-bond acceptors (Lipinski definition) is 5. The van der Waals surface area contributed by atoms with Gasteiger partial charge in [0.25, 0.3) is 0 Å². The highest BCUT2D eigenvalue weighted by molar-refractivity contribution is 5.91. The highest BCUT2D eigenvalue weighted by Gasteiger charge is 2.13. The SMILES string of the molecule is C[C@@H](Nc1ncnc2[nH]c(-c3cccc(CNC(=O)CN(C)C)c3)cc12)c1ccccc1. The number of carbonyl (C=O) groups excluding carboxylic acids is 1. The molecular weight excluding hydrogens is 400 g/mol. The minimum absolute atomic E-state index is 0.00421. The molecule has 1 atom stereocenters. The van der Waals surface area contributed by atoms with Gasteiger partial charge in [-0.05, 0) is 49.8 Å². The third-order valence-corrected chi connectivity index (χ3v) is 5.27. The Morgan fingerprint density at radius 2 is 1.88 bits per heavy atom. The molecule has 7 heteroatoms. The zero-order valence-corrected chi connectivity index (χ0v) is 18.6. The van der Waals surface area contributed by atoms with Crippen LogP contribution in [0.1, 0.15) is 24.1 Å². The summed E-state index contributed by atoms with van der Waals surface area (Å²) in [6.45, 7) is 2.98. The van der Waals surface area contributed by atoms with Crippen molar-refractivity contribution in [1.82, 2.24) is 25.2 Å². The molecule has 0 bridgehead atoms. The van der Waals surface area contributed by atoms with E-state index in [4.69, 9.17) is 0 Å². The van der Waals surface area contributed by atoms with Crippen LogP contribution in [0.25, 0.3) is 22.3 Å². The standard InChI is InChI=1S/C25H28N6O/c1-17(19-9-5-4-6-10-19)29-24-21-13-22(30-25(21)28-16-27-24)20-11-7-8-18(12-20)14-26-23(32)15-31(2)3/h4-13,16-17H,14-15H2,1-3H3,(H,26,32)(H2,27,28,29,30)/t17-/m1/s1. The van der Waals surface area contributed by atoms with Crippen LogP contribution in [0.4, 0.5) is 5.82 Å². The molecule has 164 valence electrons. The van der Waals surface area contributed by atoms with Crippen LogP contribution < -0.4 is 10.6 Å². The molecule has 32 heavy (non-hydrogen) atoms. The van der Waals surface area contributed by atoms with E-state index in [0.717, 1.165) is 33.7 Å². The first-order valence-corrected chi connectivity index (χ1v) is 10.7. The number of hydrogen-bond donors (Lipinski definition) is 3. The van der Waals surface area contributed by atoms with Gasteiger partial charge in [0.1, 0.15) is 17.8 Å². The highest BCUT2D eigenvalue weighted by atomic mass is 16.2. The summed E-state index contributed by atoms with van der Waals surface area (Å²) in [5, 5.41) is 7.40. The maximum absolute atomic E-state index is 11.9. The molecule has 2 aromatic carbocycles. The minimum Gasteiger partial charge on any atom is -0.363 e. The lowest BCUT2D eigenvalue weighted by atomic mass is 10.1. The van der Waals surface area contributed by atoms with Gasteiger partial charge in [0.15, 0.2) is 0 Å². The molecule has 0 saturated heterocycles. The molecule has 0 spiro atoms. The van der Waals surface area contributed by atoms with E-state index in [-0.39, 0.29) is 11.9 Å². The fourth-order valence-electron chi connectivity index (χ4n) is 3.63. The van der Waals surface area contributed by atoms with Crippen molar-refractivity contribution in [3.05, 3.63) is 78.1 Å². The van der Waals surface area contributed by atoms with E-state index in [0.29, 0.717) is 13.1 Å². The number of anilines is 1. The molecule has 0 fully saturated rings. The van der Waals surface area contributed by atoms with Gasteiger partial charge < -0.3 is 20.5 Å². The smallest absolute Gasteiger partial charge is 0.234 e. The van der Waals surface area contributed by atoms with Crippen LogP contribution in [0, 0.1) is 0 Å². The number of aromatic amines is 1. The number of benzene rings is 2. The van der Waals surface area contributed by atoms with Crippen LogP contribution in [0.5, 0.6) is 0 Å². The molecule has 0 aliphatic rings. The van der Waals surface area contributed by atoms with Crippen molar-refractivity contribution in [2.45, 2.75) is 19.5 Å². The quantitative estimate of drug-likeness (QED) is 0.395. The van der Waals surface area contributed by atoms with Gasteiger partial charge in [-0.1, -0.05) is 48.5 Å². The summed E-state index contributed by atoms with van der Waals surface area (Å²) in [6, 6.07) is 20.6. The normalized spacial score (nSPS) is 12.1. The minimum atomic E-state index is 0.00421. The van der Waals surface area contributed by atoms with E-state index in [1.54, 1.807) is 6.33 Å². The molecule has 0 unspecified atom stereocenters. The Bertz CT molecular complexity index is 1200. The zero-order valence-electron chi connectivity index (χ0n) is 18.6. The Morgan fingerprint density at radius 1 is 1.06 bits per heavy atom. The van der Waals surface area contributed by atoms with E-state index in [1.165, 1.54) is 5.56 Å². The van der Waals surface area contributed by atoms with Crippen molar-refractivity contribution < 1.29 is 4.79 Å². The number of aromatic nitrogens is 3. The Kier molecular flexibility index (Phi) is 6.47. The fraction of sp³-hybridized carbons (Fsp3) is 0.240. The van der Waals surface area contributed by atoms with Crippen molar-refractivity contribution in [2.24, 2.45) is 0 Å². The first-order chi connectivity index (χ1) is 15.5. The third kappa shape index (κ3) is 5.12. The summed E-state index contributed by atoms with van der Waals surface area (Å²) >= 11 is 0. The number of amides is 1. The van der Waals surface area contributed by atoms with E-state index >= 15 is 0 Å². The van der Waals surface area contributed by atoms with Crippen molar-refractivity contribution >= 4 is 22.8 Å². The molecule has 2 aromatic heterocycles. The Labute approximate surface area is 187 Å². The maximum Gasteiger partial charge on any atom is 0.234 e. The van der Waals surface area contributed by atoms with Gasteiger partial charge in [0.2, 0.25) is 5.91 Å². The molecule has 0 radical (unpaired) electrons. The van der Waals surface area contributed by atoms with Gasteiger partial charge in [-0.25, -0.2) is 9.97 Å². The molecule has 1 amide bonds. The van der Waals surface area contributed by atoms with Gasteiger partial charge in [-0.2, -0.15) is 0 Å². The number of carbonyl (C=O) groups is 1. The van der Waals surface area contributed by atoms with Crippen LogP contribution in [-0.2, 0) is 11.3 Å². The zero-order chi connectivity index (χ0) is 22.5. The van der Waals surface area contributed by atoms with Crippen LogP contribution in [-0.4, -0.2) is 46.4 Å². The molecule has 4 aromatic rings. The third-order valence-electron chi connectivity index (χ3n) is 5.27. The highest BCUT2D eigenvalue weighted by Crippen LogP contribution is 2.29. The van der Waals surface area contributed by atoms with Crippen LogP contribution in [0.15, 0.2) is 67.0 Å². The van der Waals surface area contributed by atoms with Gasteiger partial charge in [0.05, 0.1) is 11.9 Å². The summed E-state index contributed by atoms with van der Waals surface area (Å²) < 4.78 is 0. The average molecular weight is 429 g/mol. The van der Waals surface area contributed by atoms with Gasteiger partial charge in [-0.15, -0.1) is 0 Å². The lowest BCUT2D eigenvalue weighted by Gasteiger charge is -2.15.